The van der Waals surface area contributed by atoms with E-state index in [1.54, 1.807) is 18.3 Å². The Hall–Kier alpha value is -3.45. The van der Waals surface area contributed by atoms with Crippen LogP contribution in [0, 0.1) is 5.41 Å². The number of nitrogens with zero attached hydrogens (tertiary/aromatic N) is 4. The summed E-state index contributed by atoms with van der Waals surface area (Å²) in [6, 6.07) is 16.1. The minimum absolute atomic E-state index is 0.00849. The highest BCUT2D eigenvalue weighted by Gasteiger charge is 2.37. The van der Waals surface area contributed by atoms with E-state index < -0.39 is 0 Å². The molecule has 7 heteroatoms. The molecule has 2 aromatic heterocycles. The van der Waals surface area contributed by atoms with Crippen LogP contribution in [0.1, 0.15) is 53.6 Å². The molecular formula is C30H37N5O2. The van der Waals surface area contributed by atoms with E-state index in [0.717, 1.165) is 70.6 Å². The molecule has 0 radical (unpaired) electrons. The quantitative estimate of drug-likeness (QED) is 0.568. The number of nitrogens with two attached hydrogens (primary N) is 1. The lowest BCUT2D eigenvalue weighted by Gasteiger charge is -2.45. The van der Waals surface area contributed by atoms with Crippen LogP contribution in [0.15, 0.2) is 67.1 Å². The number of hydrogen-bond acceptors (Lipinski definition) is 6. The lowest BCUT2D eigenvalue weighted by atomic mass is 9.73. The van der Waals surface area contributed by atoms with Gasteiger partial charge in [0.2, 0.25) is 0 Å². The maximum absolute atomic E-state index is 13.2. The van der Waals surface area contributed by atoms with Crippen LogP contribution in [-0.2, 0) is 13.0 Å². The standard InChI is InChI=1S/C30H37N5O2/c31-28-26(10-6-16-33-28)29(36)35-17-13-30(14-18-35)12-4-3-9-25-8-1-2-11-27(25)37-20-19-34(23-30)22-24-7-5-15-32-21-24/h1-2,5-8,10-11,15-16,21H,3-4,9,12-14,17-20,22-23H2,(H2,31,33). The first-order valence-corrected chi connectivity index (χ1v) is 13.4. The van der Waals surface area contributed by atoms with Crippen molar-refractivity contribution in [2.45, 2.75) is 45.1 Å². The van der Waals surface area contributed by atoms with Gasteiger partial charge in [-0.3, -0.25) is 14.7 Å². The van der Waals surface area contributed by atoms with Gasteiger partial charge in [-0.15, -0.1) is 0 Å². The van der Waals surface area contributed by atoms with Gasteiger partial charge in [0.15, 0.2) is 0 Å². The first-order chi connectivity index (χ1) is 18.1. The Morgan fingerprint density at radius 2 is 1.81 bits per heavy atom. The second-order valence-corrected chi connectivity index (χ2v) is 10.5. The molecule has 3 aromatic rings. The number of amides is 1. The van der Waals surface area contributed by atoms with Crippen LogP contribution in [0.3, 0.4) is 0 Å². The predicted molar refractivity (Wildman–Crippen MR) is 145 cm³/mol. The van der Waals surface area contributed by atoms with Crippen molar-refractivity contribution in [1.82, 2.24) is 19.8 Å². The van der Waals surface area contributed by atoms with Crippen LogP contribution in [-0.4, -0.2) is 58.5 Å². The number of piperidine rings is 1. The summed E-state index contributed by atoms with van der Waals surface area (Å²) < 4.78 is 6.28. The van der Waals surface area contributed by atoms with Gasteiger partial charge in [0.25, 0.3) is 5.91 Å². The van der Waals surface area contributed by atoms with Crippen LogP contribution >= 0.6 is 0 Å². The summed E-state index contributed by atoms with van der Waals surface area (Å²) in [5.41, 5.74) is 9.19. The molecule has 194 valence electrons. The van der Waals surface area contributed by atoms with Crippen molar-refractivity contribution in [3.05, 3.63) is 83.8 Å². The molecule has 2 aliphatic rings. The molecule has 2 N–H and O–H groups in total. The smallest absolute Gasteiger partial charge is 0.257 e. The van der Waals surface area contributed by atoms with E-state index in [9.17, 15) is 4.79 Å². The summed E-state index contributed by atoms with van der Waals surface area (Å²) in [6.07, 6.45) is 11.9. The topological polar surface area (TPSA) is 84.6 Å². The number of carbonyl (C=O) groups is 1. The zero-order chi connectivity index (χ0) is 25.5. The average Bonchev–Trinajstić information content (AvgIpc) is 2.92. The molecule has 0 aliphatic carbocycles. The van der Waals surface area contributed by atoms with Gasteiger partial charge in [0.05, 0.1) is 5.56 Å². The van der Waals surface area contributed by atoms with Gasteiger partial charge < -0.3 is 15.4 Å². The lowest BCUT2D eigenvalue weighted by molar-refractivity contribution is 0.0361. The molecule has 1 spiro atoms. The first-order valence-electron chi connectivity index (χ1n) is 13.4. The largest absolute Gasteiger partial charge is 0.492 e. The van der Waals surface area contributed by atoms with Crippen molar-refractivity contribution in [1.29, 1.82) is 0 Å². The van der Waals surface area contributed by atoms with Crippen LogP contribution in [0.2, 0.25) is 0 Å². The van der Waals surface area contributed by atoms with E-state index in [0.29, 0.717) is 18.0 Å². The fourth-order valence-electron chi connectivity index (χ4n) is 5.83. The SMILES string of the molecule is Nc1ncccc1C(=O)N1CCC2(CCCCc3ccccc3OCCN(Cc3cccnc3)C2)CC1. The van der Waals surface area contributed by atoms with E-state index in [1.165, 1.54) is 17.5 Å². The second kappa shape index (κ2) is 11.7. The fraction of sp³-hybridized carbons (Fsp3) is 0.433. The van der Waals surface area contributed by atoms with Gasteiger partial charge >= 0.3 is 0 Å². The molecule has 1 saturated heterocycles. The number of likely N-dealkylation sites (tertiary alicyclic amines) is 1. The number of fused-ring (bicyclic) bond motifs is 1. The number of hydrogen-bond donors (Lipinski definition) is 1. The van der Waals surface area contributed by atoms with Gasteiger partial charge in [-0.2, -0.15) is 0 Å². The molecular weight excluding hydrogens is 462 g/mol. The third kappa shape index (κ3) is 6.28. The zero-order valence-corrected chi connectivity index (χ0v) is 21.5. The summed E-state index contributed by atoms with van der Waals surface area (Å²) in [5.74, 6) is 1.31. The molecule has 4 heterocycles. The van der Waals surface area contributed by atoms with E-state index in [-0.39, 0.29) is 11.3 Å². The highest BCUT2D eigenvalue weighted by molar-refractivity contribution is 5.98. The summed E-state index contributed by atoms with van der Waals surface area (Å²) >= 11 is 0. The maximum atomic E-state index is 13.2. The molecule has 0 atom stereocenters. The molecule has 0 unspecified atom stereocenters. The monoisotopic (exact) mass is 499 g/mol. The second-order valence-electron chi connectivity index (χ2n) is 10.5. The molecule has 0 saturated carbocycles. The number of carbonyl (C=O) groups excluding carboxylic acids is 1. The van der Waals surface area contributed by atoms with Gasteiger partial charge in [-0.1, -0.05) is 30.7 Å². The van der Waals surface area contributed by atoms with Crippen molar-refractivity contribution in [2.75, 3.05) is 38.5 Å². The first kappa shape index (κ1) is 25.2. The Balaban J connectivity index is 1.33. The van der Waals surface area contributed by atoms with E-state index in [1.807, 2.05) is 23.4 Å². The normalized spacial score (nSPS) is 18.8. The number of pyridine rings is 2. The van der Waals surface area contributed by atoms with Crippen molar-refractivity contribution < 1.29 is 9.53 Å². The van der Waals surface area contributed by atoms with Crippen molar-refractivity contribution >= 4 is 11.7 Å². The summed E-state index contributed by atoms with van der Waals surface area (Å²) in [4.78, 5) is 26.1. The number of ether oxygens (including phenoxy) is 1. The van der Waals surface area contributed by atoms with Crippen LogP contribution in [0.5, 0.6) is 5.75 Å². The third-order valence-electron chi connectivity index (χ3n) is 7.91. The molecule has 37 heavy (non-hydrogen) atoms. The van der Waals surface area contributed by atoms with Gasteiger partial charge in [-0.25, -0.2) is 4.98 Å². The highest BCUT2D eigenvalue weighted by atomic mass is 16.5. The molecule has 5 rings (SSSR count). The van der Waals surface area contributed by atoms with Crippen molar-refractivity contribution in [3.63, 3.8) is 0 Å². The van der Waals surface area contributed by atoms with Gasteiger partial charge in [0.1, 0.15) is 18.2 Å². The highest BCUT2D eigenvalue weighted by Crippen LogP contribution is 2.39. The third-order valence-corrected chi connectivity index (χ3v) is 7.91. The molecule has 2 aliphatic heterocycles. The van der Waals surface area contributed by atoms with Gasteiger partial charge in [-0.05, 0) is 72.9 Å². The predicted octanol–water partition coefficient (Wildman–Crippen LogP) is 4.59. The minimum atomic E-state index is -0.00849. The summed E-state index contributed by atoms with van der Waals surface area (Å²) in [6.45, 7) is 4.82. The molecule has 1 amide bonds. The molecule has 7 nitrogen and oxygen atoms in total. The number of rotatable bonds is 3. The van der Waals surface area contributed by atoms with Crippen LogP contribution < -0.4 is 10.5 Å². The summed E-state index contributed by atoms with van der Waals surface area (Å²) in [5, 5.41) is 0. The Bertz CT molecular complexity index is 1180. The van der Waals surface area contributed by atoms with Gasteiger partial charge in [0, 0.05) is 51.3 Å². The number of anilines is 1. The number of aromatic nitrogens is 2. The summed E-state index contributed by atoms with van der Waals surface area (Å²) in [7, 11) is 0. The Morgan fingerprint density at radius 3 is 2.62 bits per heavy atom. The number of nitrogen functional groups attached to an aromatic ring is 1. The van der Waals surface area contributed by atoms with Crippen LogP contribution in [0.4, 0.5) is 5.82 Å². The molecule has 1 aromatic carbocycles. The van der Waals surface area contributed by atoms with E-state index in [2.05, 4.69) is 45.2 Å². The maximum Gasteiger partial charge on any atom is 0.257 e. The molecule has 1 fully saturated rings. The van der Waals surface area contributed by atoms with Crippen molar-refractivity contribution in [2.24, 2.45) is 5.41 Å². The Kier molecular flexibility index (Phi) is 7.99. The molecule has 0 bridgehead atoms. The van der Waals surface area contributed by atoms with E-state index >= 15 is 0 Å². The average molecular weight is 500 g/mol. The van der Waals surface area contributed by atoms with Crippen molar-refractivity contribution in [3.8, 4) is 5.75 Å². The zero-order valence-electron chi connectivity index (χ0n) is 21.5. The Labute approximate surface area is 219 Å². The number of para-hydroxylation sites is 1. The van der Waals surface area contributed by atoms with E-state index in [4.69, 9.17) is 10.5 Å². The van der Waals surface area contributed by atoms with Crippen LogP contribution in [0.25, 0.3) is 0 Å². The number of benzene rings is 1. The Morgan fingerprint density at radius 1 is 0.973 bits per heavy atom. The fourth-order valence-corrected chi connectivity index (χ4v) is 5.83. The minimum Gasteiger partial charge on any atom is -0.492 e. The lowest BCUT2D eigenvalue weighted by Crippen LogP contribution is -2.48. The number of aryl methyl sites for hydroxylation is 1.